The zero-order chi connectivity index (χ0) is 28.5. The van der Waals surface area contributed by atoms with Gasteiger partial charge in [0.15, 0.2) is 11.5 Å². The van der Waals surface area contributed by atoms with Crippen LogP contribution < -0.4 is 15.3 Å². The van der Waals surface area contributed by atoms with Crippen molar-refractivity contribution in [2.24, 2.45) is 5.92 Å². The Morgan fingerprint density at radius 3 is 2.54 bits per heavy atom. The van der Waals surface area contributed by atoms with E-state index >= 15 is 8.78 Å². The van der Waals surface area contributed by atoms with E-state index in [0.717, 1.165) is 17.2 Å². The molecular weight excluding hydrogens is 541 g/mol. The molecule has 13 nitrogen and oxygen atoms in total. The Bertz CT molecular complexity index is 1360. The number of nitrogens with one attached hydrogen (secondary N) is 1. The fourth-order valence-corrected chi connectivity index (χ4v) is 5.76. The zero-order valence-corrected chi connectivity index (χ0v) is 22.1. The number of halogens is 2. The number of nitrogens with two attached hydrogens (primary N) is 1. The number of aliphatic hydroxyl groups excluding tert-OH is 2. The standard InChI is InChI=1S/C23H29F2N6O7P/c1-12(2)37-22(34)13(3)30-39(35,38-14-7-5-4-6-8-14)36-9-15-17(32)18(33)19(23(15,24)25)31-11-29-16-20(26)27-10-28-21(16)31/h4-8,10-13,15,17-19,32-33H,9H2,1-3H3,(H,30,35)(H2,26,27,28)/t13-,15+,17+,18+,19-,39-/m0/s1. The molecule has 4 rings (SSSR count). The van der Waals surface area contributed by atoms with Crippen molar-refractivity contribution in [2.75, 3.05) is 12.3 Å². The van der Waals surface area contributed by atoms with E-state index < -0.39 is 62.6 Å². The van der Waals surface area contributed by atoms with Crippen molar-refractivity contribution < 1.29 is 42.1 Å². The molecule has 2 heterocycles. The molecule has 1 fully saturated rings. The average Bonchev–Trinajstić information content (AvgIpc) is 3.34. The van der Waals surface area contributed by atoms with E-state index in [4.69, 9.17) is 19.5 Å². The number of para-hydroxylation sites is 1. The maximum atomic E-state index is 15.8. The summed E-state index contributed by atoms with van der Waals surface area (Å²) in [4.78, 5) is 24.0. The van der Waals surface area contributed by atoms with E-state index in [-0.39, 0.29) is 22.7 Å². The number of fused-ring (bicyclic) bond motifs is 1. The molecular formula is C23H29F2N6O7P. The van der Waals surface area contributed by atoms with E-state index in [0.29, 0.717) is 0 Å². The minimum absolute atomic E-state index is 0.0434. The third-order valence-electron chi connectivity index (χ3n) is 6.11. The maximum Gasteiger partial charge on any atom is 0.459 e. The molecule has 16 heteroatoms. The Morgan fingerprint density at radius 2 is 1.87 bits per heavy atom. The van der Waals surface area contributed by atoms with Gasteiger partial charge in [0.05, 0.1) is 31.1 Å². The quantitative estimate of drug-likeness (QED) is 0.206. The molecule has 0 bridgehead atoms. The molecule has 2 aromatic heterocycles. The van der Waals surface area contributed by atoms with E-state index in [1.165, 1.54) is 19.1 Å². The summed E-state index contributed by atoms with van der Waals surface area (Å²) in [6.45, 7) is 3.56. The van der Waals surface area contributed by atoms with Crippen molar-refractivity contribution in [3.63, 3.8) is 0 Å². The first-order valence-corrected chi connectivity index (χ1v) is 13.5. The number of hydrogen-bond acceptors (Lipinski definition) is 11. The summed E-state index contributed by atoms with van der Waals surface area (Å²) in [5, 5.41) is 23.7. The number of ether oxygens (including phenoxy) is 1. The Hall–Kier alpha value is -3.23. The highest BCUT2D eigenvalue weighted by molar-refractivity contribution is 7.52. The van der Waals surface area contributed by atoms with Crippen LogP contribution in [0, 0.1) is 5.92 Å². The van der Waals surface area contributed by atoms with E-state index in [2.05, 4.69) is 20.0 Å². The molecule has 1 saturated carbocycles. The van der Waals surface area contributed by atoms with Gasteiger partial charge in [-0.15, -0.1) is 0 Å². The molecule has 6 atom stereocenters. The highest BCUT2D eigenvalue weighted by Crippen LogP contribution is 2.52. The van der Waals surface area contributed by atoms with Crippen molar-refractivity contribution in [3.8, 4) is 5.75 Å². The SMILES string of the molecule is CC(C)OC(=O)[C@H](C)N[P@](=O)(OC[C@@H]1[C@@H](O)[C@@H](O)[C@H](n2cnc3c(N)ncnc32)C1(F)F)Oc1ccccc1. The fraction of sp³-hybridized carbons (Fsp3) is 0.478. The smallest absolute Gasteiger partial charge is 0.459 e. The molecule has 3 aromatic rings. The van der Waals surface area contributed by atoms with Crippen LogP contribution in [0.15, 0.2) is 43.0 Å². The van der Waals surface area contributed by atoms with Crippen LogP contribution in [0.2, 0.25) is 0 Å². The molecule has 0 amide bonds. The lowest BCUT2D eigenvalue weighted by Gasteiger charge is -2.28. The molecule has 0 radical (unpaired) electrons. The Morgan fingerprint density at radius 1 is 1.18 bits per heavy atom. The van der Waals surface area contributed by atoms with Crippen LogP contribution in [0.1, 0.15) is 26.8 Å². The van der Waals surface area contributed by atoms with Gasteiger partial charge >= 0.3 is 13.7 Å². The van der Waals surface area contributed by atoms with Crippen LogP contribution in [-0.2, 0) is 18.6 Å². The molecule has 1 aromatic carbocycles. The molecule has 1 aliphatic carbocycles. The lowest BCUT2D eigenvalue weighted by Crippen LogP contribution is -2.39. The number of nitrogen functional groups attached to an aromatic ring is 1. The minimum Gasteiger partial charge on any atom is -0.462 e. The van der Waals surface area contributed by atoms with E-state index in [1.807, 2.05) is 0 Å². The van der Waals surface area contributed by atoms with Gasteiger partial charge in [0.25, 0.3) is 5.92 Å². The Kier molecular flexibility index (Phi) is 8.19. The van der Waals surface area contributed by atoms with Crippen molar-refractivity contribution in [1.82, 2.24) is 24.6 Å². The Balaban J connectivity index is 1.59. The number of aromatic nitrogens is 4. The van der Waals surface area contributed by atoms with Crippen LogP contribution in [-0.4, -0.2) is 72.6 Å². The molecule has 39 heavy (non-hydrogen) atoms. The first-order chi connectivity index (χ1) is 18.3. The van der Waals surface area contributed by atoms with Gasteiger partial charge < -0.3 is 29.8 Å². The molecule has 0 aliphatic heterocycles. The summed E-state index contributed by atoms with van der Waals surface area (Å²) in [5.74, 6) is -6.62. The number of nitrogens with zero attached hydrogens (tertiary/aromatic N) is 4. The molecule has 212 valence electrons. The number of carbonyl (C=O) groups excluding carboxylic acids is 1. The molecule has 5 N–H and O–H groups in total. The van der Waals surface area contributed by atoms with Gasteiger partial charge in [0, 0.05) is 0 Å². The number of rotatable bonds is 10. The summed E-state index contributed by atoms with van der Waals surface area (Å²) in [6, 6.07) is 4.51. The van der Waals surface area contributed by atoms with Gasteiger partial charge in [-0.3, -0.25) is 9.32 Å². The predicted octanol–water partition coefficient (Wildman–Crippen LogP) is 2.07. The van der Waals surface area contributed by atoms with E-state index in [9.17, 15) is 19.6 Å². The van der Waals surface area contributed by atoms with Gasteiger partial charge in [-0.2, -0.15) is 5.09 Å². The van der Waals surface area contributed by atoms with Gasteiger partial charge in [-0.25, -0.2) is 28.3 Å². The summed E-state index contributed by atoms with van der Waals surface area (Å²) < 4.78 is 62.0. The van der Waals surface area contributed by atoms with Crippen molar-refractivity contribution in [2.45, 2.75) is 57.1 Å². The second kappa shape index (κ2) is 11.1. The molecule has 0 spiro atoms. The third-order valence-corrected chi connectivity index (χ3v) is 7.75. The van der Waals surface area contributed by atoms with Gasteiger partial charge in [-0.1, -0.05) is 18.2 Å². The second-order valence-corrected chi connectivity index (χ2v) is 11.0. The highest BCUT2D eigenvalue weighted by Gasteiger charge is 2.64. The first-order valence-electron chi connectivity index (χ1n) is 12.0. The average molecular weight is 570 g/mol. The lowest BCUT2D eigenvalue weighted by molar-refractivity contribution is -0.149. The number of aliphatic hydroxyl groups is 2. The Labute approximate surface area is 221 Å². The van der Waals surface area contributed by atoms with Gasteiger partial charge in [0.2, 0.25) is 0 Å². The topological polar surface area (TPSA) is 184 Å². The molecule has 1 aliphatic rings. The normalized spacial score (nSPS) is 24.9. The number of anilines is 1. The maximum absolute atomic E-state index is 15.8. The van der Waals surface area contributed by atoms with Gasteiger partial charge in [0.1, 0.15) is 35.8 Å². The minimum atomic E-state index is -4.51. The second-order valence-electron chi connectivity index (χ2n) is 9.32. The highest BCUT2D eigenvalue weighted by atomic mass is 31.2. The van der Waals surface area contributed by atoms with Crippen LogP contribution in [0.4, 0.5) is 14.6 Å². The summed E-state index contributed by atoms with van der Waals surface area (Å²) in [5.41, 5.74) is 5.71. The van der Waals surface area contributed by atoms with Crippen LogP contribution in [0.25, 0.3) is 11.2 Å². The first kappa shape index (κ1) is 28.8. The van der Waals surface area contributed by atoms with Gasteiger partial charge in [-0.05, 0) is 32.9 Å². The third kappa shape index (κ3) is 5.87. The summed E-state index contributed by atoms with van der Waals surface area (Å²) in [7, 11) is -4.51. The van der Waals surface area contributed by atoms with Crippen molar-refractivity contribution in [3.05, 3.63) is 43.0 Å². The number of alkyl halides is 2. The molecule has 0 saturated heterocycles. The number of imidazole rings is 1. The monoisotopic (exact) mass is 570 g/mol. The van der Waals surface area contributed by atoms with Crippen LogP contribution in [0.5, 0.6) is 5.75 Å². The van der Waals surface area contributed by atoms with Crippen LogP contribution in [0.3, 0.4) is 0 Å². The summed E-state index contributed by atoms with van der Waals surface area (Å²) in [6.07, 6.45) is -2.39. The largest absolute Gasteiger partial charge is 0.462 e. The number of hydrogen-bond donors (Lipinski definition) is 4. The van der Waals surface area contributed by atoms with E-state index in [1.54, 1.807) is 32.0 Å². The predicted molar refractivity (Wildman–Crippen MR) is 134 cm³/mol. The lowest BCUT2D eigenvalue weighted by atomic mass is 10.0. The van der Waals surface area contributed by atoms with Crippen LogP contribution >= 0.6 is 7.75 Å². The zero-order valence-electron chi connectivity index (χ0n) is 21.2. The molecule has 0 unspecified atom stereocenters. The fourth-order valence-electron chi connectivity index (χ4n) is 4.25. The number of esters is 1. The number of carbonyl (C=O) groups is 1. The van der Waals surface area contributed by atoms with Crippen molar-refractivity contribution >= 4 is 30.7 Å². The number of benzene rings is 1. The summed E-state index contributed by atoms with van der Waals surface area (Å²) >= 11 is 0. The van der Waals surface area contributed by atoms with Crippen molar-refractivity contribution in [1.29, 1.82) is 0 Å².